The number of aryl methyl sites for hydroxylation is 1. The molecule has 0 aliphatic rings. The molecular weight excluding hydrogens is 295 g/mol. The molecule has 0 aliphatic carbocycles. The van der Waals surface area contributed by atoms with E-state index in [9.17, 15) is 14.0 Å². The number of hydrogen-bond acceptors (Lipinski definition) is 5. The van der Waals surface area contributed by atoms with Gasteiger partial charge in [0.2, 0.25) is 0 Å². The summed E-state index contributed by atoms with van der Waals surface area (Å²) in [7, 11) is 0. The van der Waals surface area contributed by atoms with Crippen molar-refractivity contribution in [2.24, 2.45) is 0 Å². The molecule has 0 unspecified atom stereocenters. The van der Waals surface area contributed by atoms with E-state index in [1.54, 1.807) is 13.8 Å². The third kappa shape index (κ3) is 3.43. The number of halogens is 1. The van der Waals surface area contributed by atoms with Crippen molar-refractivity contribution in [3.8, 4) is 0 Å². The third-order valence-corrected chi connectivity index (χ3v) is 3.51. The van der Waals surface area contributed by atoms with Gasteiger partial charge in [-0.25, -0.2) is 9.18 Å². The Morgan fingerprint density at radius 2 is 2.19 bits per heavy atom. The summed E-state index contributed by atoms with van der Waals surface area (Å²) in [5.41, 5.74) is 0.871. The molecule has 1 N–H and O–H groups in total. The van der Waals surface area contributed by atoms with E-state index in [1.807, 2.05) is 0 Å². The van der Waals surface area contributed by atoms with E-state index in [0.717, 1.165) is 17.6 Å². The predicted molar refractivity (Wildman–Crippen MR) is 77.2 cm³/mol. The number of carbonyl (C=O) groups is 2. The summed E-state index contributed by atoms with van der Waals surface area (Å²) >= 11 is 0.981. The van der Waals surface area contributed by atoms with Crippen LogP contribution in [0.3, 0.4) is 0 Å². The van der Waals surface area contributed by atoms with Crippen LogP contribution in [-0.2, 0) is 4.74 Å². The number of anilines is 1. The van der Waals surface area contributed by atoms with Crippen molar-refractivity contribution in [1.82, 2.24) is 4.37 Å². The van der Waals surface area contributed by atoms with Crippen LogP contribution in [0.5, 0.6) is 0 Å². The maximum Gasteiger partial charge on any atom is 0.343 e. The topological polar surface area (TPSA) is 68.3 Å². The largest absolute Gasteiger partial charge is 0.462 e. The van der Waals surface area contributed by atoms with E-state index >= 15 is 0 Å². The molecule has 0 saturated heterocycles. The highest BCUT2D eigenvalue weighted by Crippen LogP contribution is 2.26. The number of amides is 1. The van der Waals surface area contributed by atoms with Crippen molar-refractivity contribution in [2.45, 2.75) is 13.8 Å². The van der Waals surface area contributed by atoms with Gasteiger partial charge in [-0.2, -0.15) is 4.37 Å². The van der Waals surface area contributed by atoms with Crippen molar-refractivity contribution in [3.05, 3.63) is 46.9 Å². The highest BCUT2D eigenvalue weighted by atomic mass is 32.1. The Labute approximate surface area is 124 Å². The van der Waals surface area contributed by atoms with Crippen LogP contribution < -0.4 is 5.32 Å². The number of nitrogens with one attached hydrogen (secondary N) is 1. The van der Waals surface area contributed by atoms with Crippen molar-refractivity contribution < 1.29 is 18.7 Å². The van der Waals surface area contributed by atoms with Gasteiger partial charge in [-0.05, 0) is 43.6 Å². The van der Waals surface area contributed by atoms with E-state index < -0.39 is 17.7 Å². The summed E-state index contributed by atoms with van der Waals surface area (Å²) < 4.78 is 22.1. The highest BCUT2D eigenvalue weighted by molar-refractivity contribution is 7.11. The van der Waals surface area contributed by atoms with Gasteiger partial charge in [0.25, 0.3) is 5.91 Å². The first kappa shape index (κ1) is 15.1. The molecule has 0 atom stereocenters. The van der Waals surface area contributed by atoms with Crippen LogP contribution in [0.4, 0.5) is 9.39 Å². The average molecular weight is 308 g/mol. The number of benzene rings is 1. The summed E-state index contributed by atoms with van der Waals surface area (Å²) in [5, 5.41) is 2.86. The monoisotopic (exact) mass is 308 g/mol. The van der Waals surface area contributed by atoms with Gasteiger partial charge in [0.15, 0.2) is 0 Å². The first-order valence-corrected chi connectivity index (χ1v) is 7.00. The van der Waals surface area contributed by atoms with E-state index in [0.29, 0.717) is 10.7 Å². The molecule has 21 heavy (non-hydrogen) atoms. The lowest BCUT2D eigenvalue weighted by molar-refractivity contribution is 0.0527. The van der Waals surface area contributed by atoms with Crippen molar-refractivity contribution in [2.75, 3.05) is 11.9 Å². The fourth-order valence-electron chi connectivity index (χ4n) is 1.70. The van der Waals surface area contributed by atoms with Crippen LogP contribution in [-0.4, -0.2) is 22.9 Å². The summed E-state index contributed by atoms with van der Waals surface area (Å²) in [6, 6.07) is 5.29. The van der Waals surface area contributed by atoms with Crippen molar-refractivity contribution in [1.29, 1.82) is 0 Å². The zero-order valence-corrected chi connectivity index (χ0v) is 12.3. The lowest BCUT2D eigenvalue weighted by Gasteiger charge is -2.06. The summed E-state index contributed by atoms with van der Waals surface area (Å²) in [6.45, 7) is 3.57. The minimum absolute atomic E-state index is 0.163. The van der Waals surface area contributed by atoms with Gasteiger partial charge in [0.05, 0.1) is 12.3 Å². The lowest BCUT2D eigenvalue weighted by atomic mass is 10.2. The normalized spacial score (nSPS) is 10.2. The Morgan fingerprint density at radius 3 is 2.86 bits per heavy atom. The second-order valence-electron chi connectivity index (χ2n) is 4.16. The number of aromatic nitrogens is 1. The van der Waals surface area contributed by atoms with Crippen molar-refractivity contribution in [3.63, 3.8) is 0 Å². The fraction of sp³-hybridized carbons (Fsp3) is 0.214. The summed E-state index contributed by atoms with van der Waals surface area (Å²) in [5.74, 6) is -1.56. The van der Waals surface area contributed by atoms with E-state index in [1.165, 1.54) is 18.2 Å². The number of ether oxygens (including phenoxy) is 1. The van der Waals surface area contributed by atoms with Crippen LogP contribution in [0.2, 0.25) is 0 Å². The molecule has 1 aromatic heterocycles. The highest BCUT2D eigenvalue weighted by Gasteiger charge is 2.21. The Kier molecular flexibility index (Phi) is 4.64. The lowest BCUT2D eigenvalue weighted by Crippen LogP contribution is -2.15. The van der Waals surface area contributed by atoms with Gasteiger partial charge >= 0.3 is 5.97 Å². The molecule has 0 saturated carbocycles. The zero-order chi connectivity index (χ0) is 15.4. The van der Waals surface area contributed by atoms with Crippen LogP contribution >= 0.6 is 11.5 Å². The molecule has 1 aromatic carbocycles. The smallest absolute Gasteiger partial charge is 0.343 e. The number of carbonyl (C=O) groups excluding carboxylic acids is 2. The number of nitrogens with zero attached hydrogens (tertiary/aromatic N) is 1. The molecular formula is C14H13FN2O3S. The van der Waals surface area contributed by atoms with Gasteiger partial charge in [-0.3, -0.25) is 4.79 Å². The fourth-order valence-corrected chi connectivity index (χ4v) is 2.48. The molecule has 2 aromatic rings. The van der Waals surface area contributed by atoms with E-state index in [2.05, 4.69) is 9.69 Å². The van der Waals surface area contributed by atoms with E-state index in [4.69, 9.17) is 4.74 Å². The minimum Gasteiger partial charge on any atom is -0.462 e. The minimum atomic E-state index is -0.543. The number of hydrogen-bond donors (Lipinski definition) is 1. The third-order valence-electron chi connectivity index (χ3n) is 2.66. The Hall–Kier alpha value is -2.28. The predicted octanol–water partition coefficient (Wildman–Crippen LogP) is 3.02. The van der Waals surface area contributed by atoms with Crippen LogP contribution in [0.15, 0.2) is 24.3 Å². The molecule has 0 aliphatic heterocycles. The number of rotatable bonds is 4. The van der Waals surface area contributed by atoms with Gasteiger partial charge < -0.3 is 10.1 Å². The molecule has 5 nitrogen and oxygen atoms in total. The quantitative estimate of drug-likeness (QED) is 0.882. The summed E-state index contributed by atoms with van der Waals surface area (Å²) in [6.07, 6.45) is 0. The Morgan fingerprint density at radius 1 is 1.43 bits per heavy atom. The molecule has 7 heteroatoms. The van der Waals surface area contributed by atoms with Crippen molar-refractivity contribution >= 4 is 28.4 Å². The molecule has 0 radical (unpaired) electrons. The Balaban J connectivity index is 2.24. The van der Waals surface area contributed by atoms with Gasteiger partial charge in [-0.1, -0.05) is 6.07 Å². The standard InChI is InChI=1S/C14H13FN2O3S/c1-3-20-14(19)11-8(2)17-21-13(11)16-12(18)9-5-4-6-10(15)7-9/h4-7H,3H2,1-2H3,(H,16,18). The van der Waals surface area contributed by atoms with Gasteiger partial charge in [0, 0.05) is 5.56 Å². The molecule has 0 spiro atoms. The molecule has 0 bridgehead atoms. The second-order valence-corrected chi connectivity index (χ2v) is 4.93. The SMILES string of the molecule is CCOC(=O)c1c(C)nsc1NC(=O)c1cccc(F)c1. The molecule has 110 valence electrons. The maximum atomic E-state index is 13.1. The first-order chi connectivity index (χ1) is 10.0. The molecule has 0 fully saturated rings. The van der Waals surface area contributed by atoms with Crippen LogP contribution in [0, 0.1) is 12.7 Å². The maximum absolute atomic E-state index is 13.1. The zero-order valence-electron chi connectivity index (χ0n) is 11.5. The van der Waals surface area contributed by atoms with Crippen LogP contribution in [0.1, 0.15) is 33.3 Å². The van der Waals surface area contributed by atoms with Gasteiger partial charge in [0.1, 0.15) is 16.4 Å². The molecule has 1 heterocycles. The second kappa shape index (κ2) is 6.45. The average Bonchev–Trinajstić information content (AvgIpc) is 2.80. The molecule has 2 rings (SSSR count). The molecule has 1 amide bonds. The summed E-state index contributed by atoms with van der Waals surface area (Å²) in [4.78, 5) is 23.9. The Bertz CT molecular complexity index is 685. The first-order valence-electron chi connectivity index (χ1n) is 6.23. The van der Waals surface area contributed by atoms with Gasteiger partial charge in [-0.15, -0.1) is 0 Å². The number of esters is 1. The van der Waals surface area contributed by atoms with Crippen LogP contribution in [0.25, 0.3) is 0 Å². The van der Waals surface area contributed by atoms with E-state index in [-0.39, 0.29) is 17.7 Å².